The smallest absolute Gasteiger partial charge is 0.265 e. The van der Waals surface area contributed by atoms with E-state index >= 15 is 0 Å². The van der Waals surface area contributed by atoms with Gasteiger partial charge in [0.15, 0.2) is 5.75 Å². The molecule has 0 bridgehead atoms. The van der Waals surface area contributed by atoms with E-state index in [1.54, 1.807) is 6.07 Å². The molecule has 3 rings (SSSR count). The van der Waals surface area contributed by atoms with Gasteiger partial charge < -0.3 is 10.8 Å². The fourth-order valence-corrected chi connectivity index (χ4v) is 3.56. The summed E-state index contributed by atoms with van der Waals surface area (Å²) < 4.78 is 41.2. The first-order chi connectivity index (χ1) is 11.9. The Labute approximate surface area is 144 Å². The molecule has 0 amide bonds. The summed E-state index contributed by atoms with van der Waals surface area (Å²) in [6, 6.07) is 17.2. The van der Waals surface area contributed by atoms with E-state index in [-0.39, 0.29) is 11.4 Å². The van der Waals surface area contributed by atoms with Crippen molar-refractivity contribution in [3.8, 4) is 16.9 Å². The van der Waals surface area contributed by atoms with Crippen LogP contribution in [0.25, 0.3) is 11.1 Å². The number of nitrogen functional groups attached to an aromatic ring is 1. The van der Waals surface area contributed by atoms with E-state index in [4.69, 9.17) is 5.73 Å². The van der Waals surface area contributed by atoms with Crippen LogP contribution in [-0.2, 0) is 10.0 Å². The van der Waals surface area contributed by atoms with Crippen molar-refractivity contribution in [1.29, 1.82) is 0 Å². The summed E-state index contributed by atoms with van der Waals surface area (Å²) in [6.45, 7) is 0. The first-order valence-electron chi connectivity index (χ1n) is 7.34. The van der Waals surface area contributed by atoms with Gasteiger partial charge in [-0.15, -0.1) is 0 Å². The third kappa shape index (κ3) is 3.41. The molecule has 0 aliphatic carbocycles. The molecule has 0 heterocycles. The Morgan fingerprint density at radius 2 is 1.64 bits per heavy atom. The summed E-state index contributed by atoms with van der Waals surface area (Å²) in [5.74, 6) is -1.30. The molecule has 0 saturated carbocycles. The molecule has 7 heteroatoms. The van der Waals surface area contributed by atoms with Crippen LogP contribution in [0.3, 0.4) is 0 Å². The van der Waals surface area contributed by atoms with Gasteiger partial charge in [0.2, 0.25) is 0 Å². The van der Waals surface area contributed by atoms with E-state index in [9.17, 15) is 17.9 Å². The topological polar surface area (TPSA) is 92.4 Å². The molecule has 0 aliphatic rings. The Morgan fingerprint density at radius 1 is 0.920 bits per heavy atom. The van der Waals surface area contributed by atoms with Crippen molar-refractivity contribution in [3.63, 3.8) is 0 Å². The van der Waals surface area contributed by atoms with Gasteiger partial charge in [0.05, 0.1) is 11.4 Å². The average Bonchev–Trinajstić information content (AvgIpc) is 2.59. The third-order valence-corrected chi connectivity index (χ3v) is 5.03. The van der Waals surface area contributed by atoms with Crippen molar-refractivity contribution in [2.45, 2.75) is 4.90 Å². The van der Waals surface area contributed by atoms with Crippen LogP contribution in [0.1, 0.15) is 0 Å². The zero-order chi connectivity index (χ0) is 18.0. The molecule has 25 heavy (non-hydrogen) atoms. The number of nitrogens with one attached hydrogen (secondary N) is 1. The average molecular weight is 358 g/mol. The minimum Gasteiger partial charge on any atom is -0.504 e. The standard InChI is InChI=1S/C18H15FN2O3S/c19-14-10-9-13(12-5-2-1-3-6-12)11-16(14)21-25(23,24)17-8-4-7-15(20)18(17)22/h1-11,21-22H,20H2. The van der Waals surface area contributed by atoms with Gasteiger partial charge in [0.25, 0.3) is 10.0 Å². The molecular formula is C18H15FN2O3S. The van der Waals surface area contributed by atoms with E-state index < -0.39 is 26.5 Å². The first-order valence-corrected chi connectivity index (χ1v) is 8.82. The quantitative estimate of drug-likeness (QED) is 0.491. The van der Waals surface area contributed by atoms with Crippen LogP contribution < -0.4 is 10.5 Å². The molecule has 0 aromatic heterocycles. The zero-order valence-corrected chi connectivity index (χ0v) is 13.8. The SMILES string of the molecule is Nc1cccc(S(=O)(=O)Nc2cc(-c3ccccc3)ccc2F)c1O. The highest BCUT2D eigenvalue weighted by molar-refractivity contribution is 7.92. The molecule has 3 aromatic carbocycles. The van der Waals surface area contributed by atoms with Crippen molar-refractivity contribution in [3.05, 3.63) is 72.5 Å². The summed E-state index contributed by atoms with van der Waals surface area (Å²) >= 11 is 0. The monoisotopic (exact) mass is 358 g/mol. The summed E-state index contributed by atoms with van der Waals surface area (Å²) in [6.07, 6.45) is 0. The maximum Gasteiger partial charge on any atom is 0.265 e. The molecule has 0 spiro atoms. The van der Waals surface area contributed by atoms with Gasteiger partial charge in [-0.2, -0.15) is 0 Å². The van der Waals surface area contributed by atoms with Crippen molar-refractivity contribution >= 4 is 21.4 Å². The van der Waals surface area contributed by atoms with Crippen molar-refractivity contribution in [2.24, 2.45) is 0 Å². The van der Waals surface area contributed by atoms with Crippen LogP contribution in [0.2, 0.25) is 0 Å². The number of phenolic OH excluding ortho intramolecular Hbond substituents is 1. The Morgan fingerprint density at radius 3 is 2.36 bits per heavy atom. The number of benzene rings is 3. The zero-order valence-electron chi connectivity index (χ0n) is 13.0. The normalized spacial score (nSPS) is 11.2. The van der Waals surface area contributed by atoms with Gasteiger partial charge in [-0.05, 0) is 35.4 Å². The van der Waals surface area contributed by atoms with E-state index in [0.717, 1.165) is 5.56 Å². The molecule has 0 saturated heterocycles. The number of rotatable bonds is 4. The van der Waals surface area contributed by atoms with Gasteiger partial charge in [0.1, 0.15) is 10.7 Å². The lowest BCUT2D eigenvalue weighted by atomic mass is 10.1. The minimum absolute atomic E-state index is 0.0821. The number of para-hydroxylation sites is 1. The van der Waals surface area contributed by atoms with Gasteiger partial charge in [-0.1, -0.05) is 42.5 Å². The maximum absolute atomic E-state index is 14.1. The van der Waals surface area contributed by atoms with Gasteiger partial charge in [-0.3, -0.25) is 4.72 Å². The van der Waals surface area contributed by atoms with Crippen LogP contribution in [-0.4, -0.2) is 13.5 Å². The second-order valence-corrected chi connectivity index (χ2v) is 7.01. The van der Waals surface area contributed by atoms with Crippen LogP contribution in [0.4, 0.5) is 15.8 Å². The molecule has 0 atom stereocenters. The summed E-state index contributed by atoms with van der Waals surface area (Å²) in [7, 11) is -4.21. The highest BCUT2D eigenvalue weighted by Gasteiger charge is 2.21. The lowest BCUT2D eigenvalue weighted by Gasteiger charge is -2.12. The lowest BCUT2D eigenvalue weighted by molar-refractivity contribution is 0.462. The molecule has 0 radical (unpaired) electrons. The van der Waals surface area contributed by atoms with Crippen LogP contribution in [0, 0.1) is 5.82 Å². The van der Waals surface area contributed by atoms with E-state index in [1.807, 2.05) is 30.3 Å². The van der Waals surface area contributed by atoms with Crippen LogP contribution in [0.5, 0.6) is 5.75 Å². The number of halogens is 1. The predicted molar refractivity (Wildman–Crippen MR) is 95.2 cm³/mol. The summed E-state index contributed by atoms with van der Waals surface area (Å²) in [5.41, 5.74) is 6.69. The number of aromatic hydroxyl groups is 1. The van der Waals surface area contributed by atoms with Crippen molar-refractivity contribution in [1.82, 2.24) is 0 Å². The van der Waals surface area contributed by atoms with Gasteiger partial charge in [0, 0.05) is 0 Å². The van der Waals surface area contributed by atoms with E-state index in [2.05, 4.69) is 4.72 Å². The maximum atomic E-state index is 14.1. The predicted octanol–water partition coefficient (Wildman–Crippen LogP) is 3.58. The number of hydrogen-bond acceptors (Lipinski definition) is 4. The number of anilines is 2. The molecule has 4 N–H and O–H groups in total. The van der Waals surface area contributed by atoms with Gasteiger partial charge in [-0.25, -0.2) is 12.8 Å². The van der Waals surface area contributed by atoms with E-state index in [0.29, 0.717) is 5.56 Å². The molecule has 5 nitrogen and oxygen atoms in total. The second-order valence-electron chi connectivity index (χ2n) is 5.36. The van der Waals surface area contributed by atoms with Crippen molar-refractivity contribution < 1.29 is 17.9 Å². The molecule has 0 unspecified atom stereocenters. The Balaban J connectivity index is 2.01. The fraction of sp³-hybridized carbons (Fsp3) is 0. The molecule has 128 valence electrons. The number of phenols is 1. The molecule has 0 fully saturated rings. The Hall–Kier alpha value is -3.06. The van der Waals surface area contributed by atoms with E-state index in [1.165, 1.54) is 30.3 Å². The first kappa shape index (κ1) is 16.8. The Kier molecular flexibility index (Phi) is 4.33. The number of hydrogen-bond donors (Lipinski definition) is 3. The largest absolute Gasteiger partial charge is 0.504 e. The van der Waals surface area contributed by atoms with Gasteiger partial charge >= 0.3 is 0 Å². The van der Waals surface area contributed by atoms with Crippen LogP contribution in [0.15, 0.2) is 71.6 Å². The lowest BCUT2D eigenvalue weighted by Crippen LogP contribution is -2.14. The highest BCUT2D eigenvalue weighted by Crippen LogP contribution is 2.31. The molecule has 3 aromatic rings. The Bertz CT molecular complexity index is 1020. The van der Waals surface area contributed by atoms with Crippen molar-refractivity contribution in [2.75, 3.05) is 10.5 Å². The van der Waals surface area contributed by atoms with Crippen LogP contribution >= 0.6 is 0 Å². The highest BCUT2D eigenvalue weighted by atomic mass is 32.2. The minimum atomic E-state index is -4.21. The summed E-state index contributed by atoms with van der Waals surface area (Å²) in [4.78, 5) is -0.419. The molecular weight excluding hydrogens is 343 g/mol. The number of nitrogens with two attached hydrogens (primary N) is 1. The molecule has 0 aliphatic heterocycles. The fourth-order valence-electron chi connectivity index (χ4n) is 2.37. The third-order valence-electron chi connectivity index (χ3n) is 3.64. The second kappa shape index (κ2) is 6.45. The number of sulfonamides is 1. The summed E-state index contributed by atoms with van der Waals surface area (Å²) in [5, 5.41) is 9.88.